The minimum absolute atomic E-state index is 0.0467. The number of nitrogens with zero attached hydrogens (tertiary/aromatic N) is 2. The molecule has 2 atom stereocenters. The molecule has 1 aromatic carbocycles. The van der Waals surface area contributed by atoms with Gasteiger partial charge in [-0.1, -0.05) is 69.8 Å². The van der Waals surface area contributed by atoms with E-state index < -0.39 is 6.04 Å². The molecule has 6 heteroatoms. The van der Waals surface area contributed by atoms with E-state index >= 15 is 0 Å². The molecular formula is C30H41N3O3. The van der Waals surface area contributed by atoms with E-state index in [1.165, 1.54) is 36.5 Å². The van der Waals surface area contributed by atoms with Gasteiger partial charge in [0.25, 0.3) is 5.91 Å². The van der Waals surface area contributed by atoms with Crippen molar-refractivity contribution in [3.8, 4) is 0 Å². The Bertz CT molecular complexity index is 991. The fourth-order valence-electron chi connectivity index (χ4n) is 5.26. The van der Waals surface area contributed by atoms with Crippen LogP contribution in [0.2, 0.25) is 0 Å². The van der Waals surface area contributed by atoms with E-state index in [1.54, 1.807) is 15.9 Å². The first-order valence-electron chi connectivity index (χ1n) is 13.1. The molecule has 6 nitrogen and oxygen atoms in total. The summed E-state index contributed by atoms with van der Waals surface area (Å²) in [4.78, 5) is 40.0. The van der Waals surface area contributed by atoms with Crippen molar-refractivity contribution in [3.63, 3.8) is 0 Å². The molecule has 1 saturated heterocycles. The summed E-state index contributed by atoms with van der Waals surface area (Å²) in [5.41, 5.74) is 4.21. The maximum atomic E-state index is 13.0. The fraction of sp³-hybridized carbons (Fsp3) is 0.500. The summed E-state index contributed by atoms with van der Waals surface area (Å²) in [7, 11) is 1.99. The Morgan fingerprint density at radius 3 is 2.28 bits per heavy atom. The third-order valence-electron chi connectivity index (χ3n) is 7.53. The zero-order valence-corrected chi connectivity index (χ0v) is 22.0. The van der Waals surface area contributed by atoms with Crippen LogP contribution in [0, 0.1) is 5.92 Å². The van der Waals surface area contributed by atoms with Crippen LogP contribution in [-0.2, 0) is 20.9 Å². The number of carbonyl (C=O) groups is 3. The van der Waals surface area contributed by atoms with Gasteiger partial charge in [0.2, 0.25) is 5.91 Å². The van der Waals surface area contributed by atoms with Crippen LogP contribution in [0.1, 0.15) is 63.0 Å². The number of aldehydes is 1. The first-order valence-corrected chi connectivity index (χ1v) is 13.1. The standard InChI is InChI=1S/C18H24N2O3.C12H17N/c1-5-13-10-20(17(22)15(13)6-2)16(12(3)4)18(23)19-9-7-8-14(19)11-21;1-13-9-10-5-7-12(8-6-10)11-3-2-4-11/h5-6,11-12,14,16H,1-2,7-10H2,3-4H3;5-8,11,13H,2-4,9H2,1H3. The van der Waals surface area contributed by atoms with Gasteiger partial charge in [0.05, 0.1) is 6.04 Å². The predicted molar refractivity (Wildman–Crippen MR) is 144 cm³/mol. The molecule has 1 N–H and O–H groups in total. The third-order valence-corrected chi connectivity index (χ3v) is 7.53. The van der Waals surface area contributed by atoms with Crippen LogP contribution in [0.15, 0.2) is 60.7 Å². The van der Waals surface area contributed by atoms with Crippen molar-refractivity contribution < 1.29 is 14.4 Å². The fourth-order valence-corrected chi connectivity index (χ4v) is 5.26. The minimum atomic E-state index is -0.574. The van der Waals surface area contributed by atoms with Gasteiger partial charge in [0.1, 0.15) is 12.3 Å². The van der Waals surface area contributed by atoms with Gasteiger partial charge in [-0.2, -0.15) is 0 Å². The number of benzene rings is 1. The lowest BCUT2D eigenvalue weighted by atomic mass is 9.80. The highest BCUT2D eigenvalue weighted by molar-refractivity contribution is 6.03. The topological polar surface area (TPSA) is 69.7 Å². The molecule has 2 fully saturated rings. The van der Waals surface area contributed by atoms with Gasteiger partial charge >= 0.3 is 0 Å². The molecule has 1 aliphatic carbocycles. The lowest BCUT2D eigenvalue weighted by Crippen LogP contribution is -2.53. The van der Waals surface area contributed by atoms with Crippen molar-refractivity contribution in [2.24, 2.45) is 5.92 Å². The monoisotopic (exact) mass is 491 g/mol. The van der Waals surface area contributed by atoms with Crippen molar-refractivity contribution in [2.45, 2.75) is 70.5 Å². The van der Waals surface area contributed by atoms with Gasteiger partial charge in [0, 0.05) is 25.2 Å². The largest absolute Gasteiger partial charge is 0.331 e. The van der Waals surface area contributed by atoms with E-state index in [9.17, 15) is 14.4 Å². The maximum Gasteiger partial charge on any atom is 0.255 e. The van der Waals surface area contributed by atoms with Crippen LogP contribution in [0.25, 0.3) is 0 Å². The smallest absolute Gasteiger partial charge is 0.255 e. The van der Waals surface area contributed by atoms with Gasteiger partial charge in [-0.25, -0.2) is 0 Å². The highest BCUT2D eigenvalue weighted by Gasteiger charge is 2.42. The summed E-state index contributed by atoms with van der Waals surface area (Å²) < 4.78 is 0. The van der Waals surface area contributed by atoms with Crippen molar-refractivity contribution in [1.82, 2.24) is 15.1 Å². The quantitative estimate of drug-likeness (QED) is 0.521. The average molecular weight is 492 g/mol. The minimum Gasteiger partial charge on any atom is -0.331 e. The first-order chi connectivity index (χ1) is 17.4. The number of hydrogen-bond acceptors (Lipinski definition) is 4. The molecule has 3 aliphatic rings. The molecule has 1 aromatic rings. The van der Waals surface area contributed by atoms with Crippen LogP contribution in [-0.4, -0.2) is 60.1 Å². The van der Waals surface area contributed by atoms with Crippen molar-refractivity contribution >= 4 is 18.1 Å². The second-order valence-corrected chi connectivity index (χ2v) is 10.2. The lowest BCUT2D eigenvalue weighted by Gasteiger charge is -2.34. The molecular weight excluding hydrogens is 450 g/mol. The Morgan fingerprint density at radius 2 is 1.81 bits per heavy atom. The third kappa shape index (κ3) is 6.04. The summed E-state index contributed by atoms with van der Waals surface area (Å²) in [6.07, 6.45) is 9.71. The van der Waals surface area contributed by atoms with Gasteiger partial charge in [-0.15, -0.1) is 0 Å². The van der Waals surface area contributed by atoms with E-state index in [2.05, 4.69) is 42.7 Å². The van der Waals surface area contributed by atoms with Crippen molar-refractivity contribution in [2.75, 3.05) is 20.1 Å². The lowest BCUT2D eigenvalue weighted by molar-refractivity contribution is -0.146. The Balaban J connectivity index is 0.000000233. The Labute approximate surface area is 216 Å². The zero-order valence-electron chi connectivity index (χ0n) is 22.0. The van der Waals surface area contributed by atoms with Crippen LogP contribution >= 0.6 is 0 Å². The van der Waals surface area contributed by atoms with Crippen LogP contribution < -0.4 is 5.32 Å². The average Bonchev–Trinajstić information content (AvgIpc) is 3.44. The number of rotatable bonds is 9. The number of likely N-dealkylation sites (tertiary alicyclic amines) is 1. The van der Waals surface area contributed by atoms with Crippen LogP contribution in [0.3, 0.4) is 0 Å². The molecule has 2 unspecified atom stereocenters. The summed E-state index contributed by atoms with van der Waals surface area (Å²) in [5, 5.41) is 3.16. The van der Waals surface area contributed by atoms with E-state index in [4.69, 9.17) is 0 Å². The molecule has 0 bridgehead atoms. The molecule has 2 amide bonds. The van der Waals surface area contributed by atoms with Crippen molar-refractivity contribution in [1.29, 1.82) is 0 Å². The molecule has 36 heavy (non-hydrogen) atoms. The molecule has 2 aliphatic heterocycles. The first kappa shape index (κ1) is 27.6. The highest BCUT2D eigenvalue weighted by atomic mass is 16.2. The predicted octanol–water partition coefficient (Wildman–Crippen LogP) is 4.39. The second-order valence-electron chi connectivity index (χ2n) is 10.2. The summed E-state index contributed by atoms with van der Waals surface area (Å²) >= 11 is 0. The molecule has 0 aromatic heterocycles. The Hall–Kier alpha value is -2.99. The normalized spacial score (nSPS) is 20.7. The molecule has 2 heterocycles. The highest BCUT2D eigenvalue weighted by Crippen LogP contribution is 2.36. The second kappa shape index (κ2) is 12.8. The molecule has 0 spiro atoms. The summed E-state index contributed by atoms with van der Waals surface area (Å²) in [6, 6.07) is 8.11. The van der Waals surface area contributed by atoms with E-state index in [-0.39, 0.29) is 23.8 Å². The SMILES string of the molecule is C=CC1=C(C=C)C(=O)N(C(C(=O)N2CCCC2C=O)C(C)C)C1.CNCc1ccc(C2CCC2)cc1. The number of amides is 2. The van der Waals surface area contributed by atoms with Gasteiger partial charge in [0.15, 0.2) is 0 Å². The van der Waals surface area contributed by atoms with Gasteiger partial charge < -0.3 is 19.9 Å². The molecule has 4 rings (SSSR count). The van der Waals surface area contributed by atoms with Gasteiger partial charge in [-0.3, -0.25) is 9.59 Å². The van der Waals surface area contributed by atoms with E-state index in [0.717, 1.165) is 30.7 Å². The maximum absolute atomic E-state index is 13.0. The number of hydrogen-bond donors (Lipinski definition) is 1. The molecule has 194 valence electrons. The number of carbonyl (C=O) groups excluding carboxylic acids is 3. The Kier molecular flexibility index (Phi) is 9.82. The number of nitrogens with one attached hydrogen (secondary N) is 1. The van der Waals surface area contributed by atoms with Gasteiger partial charge in [-0.05, 0) is 61.3 Å². The molecule has 0 radical (unpaired) electrons. The van der Waals surface area contributed by atoms with Crippen molar-refractivity contribution in [3.05, 3.63) is 71.8 Å². The summed E-state index contributed by atoms with van der Waals surface area (Å²) in [5.74, 6) is 0.485. The van der Waals surface area contributed by atoms with E-state index in [1.807, 2.05) is 20.9 Å². The zero-order chi connectivity index (χ0) is 26.2. The summed E-state index contributed by atoms with van der Waals surface area (Å²) in [6.45, 7) is 13.2. The van der Waals surface area contributed by atoms with Crippen LogP contribution in [0.4, 0.5) is 0 Å². The van der Waals surface area contributed by atoms with E-state index in [0.29, 0.717) is 25.1 Å². The Morgan fingerprint density at radius 1 is 1.11 bits per heavy atom. The van der Waals surface area contributed by atoms with Crippen LogP contribution in [0.5, 0.6) is 0 Å². The molecule has 1 saturated carbocycles.